The summed E-state index contributed by atoms with van der Waals surface area (Å²) in [5, 5.41) is 2.39. The number of esters is 1. The smallest absolute Gasteiger partial charge is 0.338 e. The van der Waals surface area contributed by atoms with Gasteiger partial charge in [-0.2, -0.15) is 0 Å². The highest BCUT2D eigenvalue weighted by Gasteiger charge is 2.34. The molecule has 1 aliphatic rings. The van der Waals surface area contributed by atoms with E-state index < -0.39 is 23.8 Å². The van der Waals surface area contributed by atoms with E-state index in [2.05, 4.69) is 39.2 Å². The number of carbonyl (C=O) groups is 3. The van der Waals surface area contributed by atoms with E-state index >= 15 is 0 Å². The van der Waals surface area contributed by atoms with Gasteiger partial charge in [-0.15, -0.1) is 0 Å². The van der Waals surface area contributed by atoms with Gasteiger partial charge in [-0.25, -0.2) is 4.79 Å². The lowest BCUT2D eigenvalue weighted by Gasteiger charge is -2.24. The van der Waals surface area contributed by atoms with Crippen LogP contribution in [0, 0.1) is 0 Å². The number of rotatable bonds is 7. The Balaban J connectivity index is 1.68. The molecule has 176 valence electrons. The van der Waals surface area contributed by atoms with Crippen LogP contribution in [0.2, 0.25) is 0 Å². The van der Waals surface area contributed by atoms with Crippen molar-refractivity contribution in [2.24, 2.45) is 0 Å². The molecule has 2 aromatic rings. The average molecular weight is 454 g/mol. The fraction of sp³-hybridized carbons (Fsp3) is 0.400. The van der Waals surface area contributed by atoms with E-state index in [0.29, 0.717) is 5.56 Å². The number of nitrogens with one attached hydrogen (secondary N) is 1. The van der Waals surface area contributed by atoms with Crippen molar-refractivity contribution in [3.63, 3.8) is 0 Å². The maximum atomic E-state index is 12.9. The highest BCUT2D eigenvalue weighted by atomic mass is 16.5. The van der Waals surface area contributed by atoms with Gasteiger partial charge in [-0.1, -0.05) is 36.4 Å². The minimum atomic E-state index is -1.35. The van der Waals surface area contributed by atoms with Gasteiger partial charge in [0.2, 0.25) is 6.04 Å². The van der Waals surface area contributed by atoms with Crippen molar-refractivity contribution < 1.29 is 23.9 Å². The Morgan fingerprint density at radius 2 is 1.67 bits per heavy atom. The van der Waals surface area contributed by atoms with E-state index in [9.17, 15) is 14.4 Å². The van der Waals surface area contributed by atoms with Crippen LogP contribution in [0.1, 0.15) is 22.3 Å². The zero-order valence-electron chi connectivity index (χ0n) is 19.4. The van der Waals surface area contributed by atoms with E-state index in [4.69, 9.17) is 4.74 Å². The second-order valence-electron chi connectivity index (χ2n) is 7.97. The molecule has 2 amide bonds. The molecule has 1 unspecified atom stereocenters. The summed E-state index contributed by atoms with van der Waals surface area (Å²) in [5.74, 6) is -1.85. The topological polar surface area (TPSA) is 88.2 Å². The first-order valence-corrected chi connectivity index (χ1v) is 11.0. The lowest BCUT2D eigenvalue weighted by Crippen LogP contribution is -2.51. The number of hydrogen-bond acceptors (Lipinski definition) is 6. The van der Waals surface area contributed by atoms with Crippen molar-refractivity contribution in [1.82, 2.24) is 15.1 Å². The Morgan fingerprint density at radius 1 is 1.03 bits per heavy atom. The van der Waals surface area contributed by atoms with E-state index in [1.807, 2.05) is 12.1 Å². The SMILES string of the molecule is CNC(=O)C(C(=O)OC)N(C)C(=O)c1ccc(-c2ccc(CN3CCCOCC3)cc2)cc1. The van der Waals surface area contributed by atoms with Crippen LogP contribution in [0.25, 0.3) is 11.1 Å². The van der Waals surface area contributed by atoms with Crippen LogP contribution in [0.3, 0.4) is 0 Å². The van der Waals surface area contributed by atoms with Gasteiger partial charge in [0.15, 0.2) is 0 Å². The van der Waals surface area contributed by atoms with Gasteiger partial charge in [0, 0.05) is 45.9 Å². The quantitative estimate of drug-likeness (QED) is 0.509. The molecule has 8 heteroatoms. The highest BCUT2D eigenvalue weighted by Crippen LogP contribution is 2.22. The number of nitrogens with zero attached hydrogens (tertiary/aromatic N) is 2. The van der Waals surface area contributed by atoms with Crippen molar-refractivity contribution in [2.45, 2.75) is 19.0 Å². The normalized spacial score (nSPS) is 15.2. The maximum absolute atomic E-state index is 12.9. The lowest BCUT2D eigenvalue weighted by molar-refractivity contribution is -0.150. The number of hydrogen-bond donors (Lipinski definition) is 1. The monoisotopic (exact) mass is 453 g/mol. The molecule has 1 atom stereocenters. The van der Waals surface area contributed by atoms with Crippen LogP contribution in [-0.2, 0) is 25.6 Å². The molecule has 0 aliphatic carbocycles. The van der Waals surface area contributed by atoms with Gasteiger partial charge in [-0.05, 0) is 35.2 Å². The third-order valence-electron chi connectivity index (χ3n) is 5.77. The van der Waals surface area contributed by atoms with Crippen LogP contribution in [0.15, 0.2) is 48.5 Å². The predicted octanol–water partition coefficient (Wildman–Crippen LogP) is 1.94. The molecule has 2 aromatic carbocycles. The van der Waals surface area contributed by atoms with E-state index in [1.54, 1.807) is 12.1 Å². The second kappa shape index (κ2) is 11.6. The molecule has 0 aromatic heterocycles. The summed E-state index contributed by atoms with van der Waals surface area (Å²) in [4.78, 5) is 40.4. The molecule has 1 heterocycles. The molecule has 8 nitrogen and oxygen atoms in total. The van der Waals surface area contributed by atoms with Crippen molar-refractivity contribution in [1.29, 1.82) is 0 Å². The minimum Gasteiger partial charge on any atom is -0.467 e. The van der Waals surface area contributed by atoms with E-state index in [1.165, 1.54) is 26.8 Å². The molecule has 1 aliphatic heterocycles. The summed E-state index contributed by atoms with van der Waals surface area (Å²) < 4.78 is 10.2. The first kappa shape index (κ1) is 24.4. The summed E-state index contributed by atoms with van der Waals surface area (Å²) in [6, 6.07) is 14.1. The van der Waals surface area contributed by atoms with Crippen molar-refractivity contribution in [2.75, 3.05) is 47.5 Å². The number of benzene rings is 2. The molecule has 0 saturated carbocycles. The number of amides is 2. The summed E-state index contributed by atoms with van der Waals surface area (Å²) in [6.45, 7) is 4.50. The fourth-order valence-electron chi connectivity index (χ4n) is 3.83. The molecule has 1 saturated heterocycles. The van der Waals surface area contributed by atoms with Crippen LogP contribution < -0.4 is 5.32 Å². The Morgan fingerprint density at radius 3 is 2.27 bits per heavy atom. The van der Waals surface area contributed by atoms with Gasteiger partial charge in [0.05, 0.1) is 13.7 Å². The molecular weight excluding hydrogens is 422 g/mol. The number of ether oxygens (including phenoxy) is 2. The highest BCUT2D eigenvalue weighted by molar-refractivity contribution is 6.07. The minimum absolute atomic E-state index is 0.374. The van der Waals surface area contributed by atoms with Gasteiger partial charge in [-0.3, -0.25) is 14.5 Å². The zero-order valence-corrected chi connectivity index (χ0v) is 19.4. The average Bonchev–Trinajstić information content (AvgIpc) is 3.12. The van der Waals surface area contributed by atoms with Crippen molar-refractivity contribution in [3.05, 3.63) is 59.7 Å². The standard InChI is InChI=1S/C25H31N3O5/c1-26-23(29)22(25(31)32-3)27(2)24(30)21-11-9-20(10-12-21)19-7-5-18(6-8-19)17-28-13-4-15-33-16-14-28/h5-12,22H,4,13-17H2,1-3H3,(H,26,29). The third-order valence-corrected chi connectivity index (χ3v) is 5.77. The molecule has 1 N–H and O–H groups in total. The number of likely N-dealkylation sites (N-methyl/N-ethyl adjacent to an activating group) is 2. The van der Waals surface area contributed by atoms with Gasteiger partial charge in [0.25, 0.3) is 11.8 Å². The van der Waals surface area contributed by atoms with Crippen LogP contribution >= 0.6 is 0 Å². The molecule has 0 radical (unpaired) electrons. The first-order chi connectivity index (χ1) is 15.9. The summed E-state index contributed by atoms with van der Waals surface area (Å²) >= 11 is 0. The maximum Gasteiger partial charge on any atom is 0.338 e. The van der Waals surface area contributed by atoms with Gasteiger partial charge >= 0.3 is 5.97 Å². The van der Waals surface area contributed by atoms with Crippen molar-refractivity contribution >= 4 is 17.8 Å². The molecular formula is C25H31N3O5. The Kier molecular flexibility index (Phi) is 8.57. The van der Waals surface area contributed by atoms with Crippen LogP contribution in [0.4, 0.5) is 0 Å². The van der Waals surface area contributed by atoms with E-state index in [-0.39, 0.29) is 0 Å². The Labute approximate surface area is 194 Å². The number of carbonyl (C=O) groups excluding carboxylic acids is 3. The molecule has 0 bridgehead atoms. The number of methoxy groups -OCH3 is 1. The molecule has 33 heavy (non-hydrogen) atoms. The third kappa shape index (κ3) is 6.18. The Bertz CT molecular complexity index is 935. The molecule has 3 rings (SSSR count). The summed E-state index contributed by atoms with van der Waals surface area (Å²) in [5.41, 5.74) is 3.64. The van der Waals surface area contributed by atoms with Crippen molar-refractivity contribution in [3.8, 4) is 11.1 Å². The van der Waals surface area contributed by atoms with Gasteiger partial charge in [0.1, 0.15) is 0 Å². The summed E-state index contributed by atoms with van der Waals surface area (Å²) in [7, 11) is 3.99. The van der Waals surface area contributed by atoms with Crippen LogP contribution in [-0.4, -0.2) is 81.1 Å². The fourth-order valence-corrected chi connectivity index (χ4v) is 3.83. The van der Waals surface area contributed by atoms with Crippen LogP contribution in [0.5, 0.6) is 0 Å². The van der Waals surface area contributed by atoms with Gasteiger partial charge < -0.3 is 19.7 Å². The first-order valence-electron chi connectivity index (χ1n) is 11.0. The van der Waals surface area contributed by atoms with E-state index in [0.717, 1.165) is 55.3 Å². The molecule has 1 fully saturated rings. The lowest BCUT2D eigenvalue weighted by atomic mass is 10.0. The molecule has 0 spiro atoms. The largest absolute Gasteiger partial charge is 0.467 e. The predicted molar refractivity (Wildman–Crippen MR) is 125 cm³/mol. The second-order valence-corrected chi connectivity index (χ2v) is 7.97. The Hall–Kier alpha value is -3.23. The summed E-state index contributed by atoms with van der Waals surface area (Å²) in [6.07, 6.45) is 1.06. The zero-order chi connectivity index (χ0) is 23.8.